The fourth-order valence-electron chi connectivity index (χ4n) is 6.22. The van der Waals surface area contributed by atoms with Crippen molar-refractivity contribution in [2.75, 3.05) is 0 Å². The smallest absolute Gasteiger partial charge is 0.408 e. The van der Waals surface area contributed by atoms with Crippen molar-refractivity contribution in [2.45, 2.75) is 142 Å². The lowest BCUT2D eigenvalue weighted by atomic mass is 9.81. The molecular formula is C34H56N2O8. The largest absolute Gasteiger partial charge is 0.480 e. The van der Waals surface area contributed by atoms with E-state index in [1.165, 1.54) is 0 Å². The molecule has 0 aromatic heterocycles. The molecule has 44 heavy (non-hydrogen) atoms. The van der Waals surface area contributed by atoms with Gasteiger partial charge < -0.3 is 30.3 Å². The summed E-state index contributed by atoms with van der Waals surface area (Å²) in [5.74, 6) is -1.68. The number of carbonyl (C=O) groups is 4. The van der Waals surface area contributed by atoms with E-state index in [1.54, 1.807) is 20.8 Å². The van der Waals surface area contributed by atoms with Crippen LogP contribution in [0.3, 0.4) is 0 Å². The van der Waals surface area contributed by atoms with Crippen LogP contribution >= 0.6 is 0 Å². The normalized spacial score (nSPS) is 25.9. The van der Waals surface area contributed by atoms with Crippen LogP contribution in [0.5, 0.6) is 0 Å². The maximum atomic E-state index is 12.8. The molecule has 250 valence electrons. The first-order chi connectivity index (χ1) is 20.5. The minimum Gasteiger partial charge on any atom is -0.480 e. The van der Waals surface area contributed by atoms with Gasteiger partial charge in [0, 0.05) is 11.8 Å². The average Bonchev–Trinajstić information content (AvgIpc) is 3.81. The van der Waals surface area contributed by atoms with Gasteiger partial charge in [-0.2, -0.15) is 0 Å². The van der Waals surface area contributed by atoms with Crippen molar-refractivity contribution >= 4 is 24.1 Å². The summed E-state index contributed by atoms with van der Waals surface area (Å²) in [6.07, 6.45) is 13.2. The first kappa shape index (κ1) is 37.1. The molecule has 4 N–H and O–H groups in total. The Hall–Kier alpha value is -3.04. The Bertz CT molecular complexity index is 1060. The van der Waals surface area contributed by atoms with Gasteiger partial charge in [0.2, 0.25) is 0 Å². The number of alkyl carbamates (subject to hydrolysis) is 2. The number of ether oxygens (including phenoxy) is 2. The molecule has 0 heterocycles. The summed E-state index contributed by atoms with van der Waals surface area (Å²) in [7, 11) is 0. The third-order valence-corrected chi connectivity index (χ3v) is 9.50. The zero-order valence-electron chi connectivity index (χ0n) is 27.9. The number of hydrogen-bond acceptors (Lipinski definition) is 6. The van der Waals surface area contributed by atoms with Gasteiger partial charge in [-0.15, -0.1) is 6.58 Å². The van der Waals surface area contributed by atoms with E-state index < -0.39 is 58.2 Å². The fraction of sp³-hybridized carbons (Fsp3) is 0.765. The molecule has 2 aliphatic rings. The molecule has 2 amide bonds. The highest BCUT2D eigenvalue weighted by Gasteiger charge is 2.57. The number of unbranched alkanes of at least 4 members (excludes halogenated alkanes) is 2. The van der Waals surface area contributed by atoms with Gasteiger partial charge in [0.05, 0.1) is 0 Å². The van der Waals surface area contributed by atoms with Gasteiger partial charge in [-0.05, 0) is 81.5 Å². The monoisotopic (exact) mass is 620 g/mol. The molecule has 2 aliphatic carbocycles. The molecule has 2 rings (SSSR count). The number of allylic oxidation sites excluding steroid dienone is 3. The second-order valence-electron chi connectivity index (χ2n) is 14.4. The summed E-state index contributed by atoms with van der Waals surface area (Å²) < 4.78 is 11.5. The Labute approximate surface area is 263 Å². The van der Waals surface area contributed by atoms with Crippen LogP contribution in [0.15, 0.2) is 24.8 Å². The van der Waals surface area contributed by atoms with Crippen LogP contribution in [-0.2, 0) is 19.1 Å². The average molecular weight is 621 g/mol. The lowest BCUT2D eigenvalue weighted by Crippen LogP contribution is -2.51. The molecule has 0 saturated heterocycles. The molecule has 0 bridgehead atoms. The molecule has 10 nitrogen and oxygen atoms in total. The van der Waals surface area contributed by atoms with E-state index in [-0.39, 0.29) is 5.92 Å². The van der Waals surface area contributed by atoms with Crippen LogP contribution in [0, 0.1) is 22.7 Å². The van der Waals surface area contributed by atoms with Crippen molar-refractivity contribution in [1.29, 1.82) is 0 Å². The summed E-state index contributed by atoms with van der Waals surface area (Å²) in [5, 5.41) is 24.5. The predicted molar refractivity (Wildman–Crippen MR) is 169 cm³/mol. The van der Waals surface area contributed by atoms with E-state index in [1.807, 2.05) is 45.9 Å². The summed E-state index contributed by atoms with van der Waals surface area (Å²) in [5.41, 5.74) is -2.46. The maximum Gasteiger partial charge on any atom is 0.408 e. The van der Waals surface area contributed by atoms with Gasteiger partial charge in [-0.25, -0.2) is 19.2 Å². The number of aliphatic carboxylic acids is 2. The summed E-state index contributed by atoms with van der Waals surface area (Å²) in [6.45, 7) is 16.6. The fourth-order valence-corrected chi connectivity index (χ4v) is 6.22. The number of nitrogens with one attached hydrogen (secondary N) is 2. The van der Waals surface area contributed by atoms with Crippen LogP contribution < -0.4 is 10.6 Å². The first-order valence-electron chi connectivity index (χ1n) is 16.2. The molecule has 10 heteroatoms. The Morgan fingerprint density at radius 3 is 1.68 bits per heavy atom. The molecule has 2 fully saturated rings. The molecule has 0 aromatic rings. The molecule has 6 atom stereocenters. The molecule has 0 spiro atoms. The standard InChI is InChI=1S/C34H56N2O8/c1-9-12-15-18-23-21-33(23,10-2)44-30(42)36-26(28(39)40)32(7,8)20-17-14-13-16-19-24-22-34(24,11-3)43-29(41)35-25(27(37)38)31(4,5)6/h9,14,17,23-26H,1,10-13,15-16,18-22H2,2-8H3,(H,35,41)(H,36,42)(H,37,38)(H,39,40)/b17-14+/t23-,24+,25-,26-,33-,34+/m1/s1. The van der Waals surface area contributed by atoms with Gasteiger partial charge in [0.25, 0.3) is 0 Å². The minimum atomic E-state index is -1.11. The van der Waals surface area contributed by atoms with Gasteiger partial charge in [-0.3, -0.25) is 0 Å². The van der Waals surface area contributed by atoms with E-state index in [4.69, 9.17) is 9.47 Å². The van der Waals surface area contributed by atoms with Crippen molar-refractivity contribution in [3.8, 4) is 0 Å². The zero-order valence-corrected chi connectivity index (χ0v) is 27.9. The lowest BCUT2D eigenvalue weighted by Gasteiger charge is -2.31. The predicted octanol–water partition coefficient (Wildman–Crippen LogP) is 7.23. The highest BCUT2D eigenvalue weighted by Crippen LogP contribution is 2.53. The van der Waals surface area contributed by atoms with Crippen molar-refractivity contribution in [1.82, 2.24) is 10.6 Å². The van der Waals surface area contributed by atoms with Crippen LogP contribution in [0.1, 0.15) is 119 Å². The van der Waals surface area contributed by atoms with Crippen LogP contribution in [0.4, 0.5) is 9.59 Å². The molecule has 0 aliphatic heterocycles. The van der Waals surface area contributed by atoms with Gasteiger partial charge in [0.15, 0.2) is 0 Å². The molecule has 0 radical (unpaired) electrons. The van der Waals surface area contributed by atoms with Crippen LogP contribution in [0.2, 0.25) is 0 Å². The number of carboxylic acid groups (broad SMARTS) is 2. The molecule has 0 aromatic carbocycles. The zero-order chi connectivity index (χ0) is 33.3. The van der Waals surface area contributed by atoms with E-state index in [9.17, 15) is 29.4 Å². The molecule has 0 unspecified atom stereocenters. The van der Waals surface area contributed by atoms with E-state index >= 15 is 0 Å². The number of carboxylic acids is 2. The summed E-state index contributed by atoms with van der Waals surface area (Å²) in [6, 6.07) is -2.15. The number of carbonyl (C=O) groups excluding carboxylic acids is 2. The Balaban J connectivity index is 1.80. The summed E-state index contributed by atoms with van der Waals surface area (Å²) >= 11 is 0. The van der Waals surface area contributed by atoms with Gasteiger partial charge >= 0.3 is 24.1 Å². The summed E-state index contributed by atoms with van der Waals surface area (Å²) in [4.78, 5) is 49.0. The van der Waals surface area contributed by atoms with Crippen LogP contribution in [-0.4, -0.2) is 57.6 Å². The SMILES string of the molecule is C=CCCC[C@@H]1C[C@@]1(CC)OC(=O)N[C@H](C(=O)O)C(C)(C)C/C=C/CCC[C@H]1C[C@]1(CC)OC(=O)N[C@H](C(=O)O)C(C)(C)C. The Kier molecular flexibility index (Phi) is 12.9. The van der Waals surface area contributed by atoms with Crippen molar-refractivity contribution in [3.63, 3.8) is 0 Å². The van der Waals surface area contributed by atoms with Gasteiger partial charge in [-0.1, -0.05) is 66.7 Å². The third kappa shape index (κ3) is 10.3. The quantitative estimate of drug-likeness (QED) is 0.0872. The number of hydrogen-bond donors (Lipinski definition) is 4. The highest BCUT2D eigenvalue weighted by molar-refractivity contribution is 5.81. The second kappa shape index (κ2) is 15.3. The van der Waals surface area contributed by atoms with E-state index in [0.717, 1.165) is 51.4 Å². The Morgan fingerprint density at radius 2 is 1.27 bits per heavy atom. The molecular weight excluding hydrogens is 564 g/mol. The highest BCUT2D eigenvalue weighted by atomic mass is 16.6. The Morgan fingerprint density at radius 1 is 0.818 bits per heavy atom. The maximum absolute atomic E-state index is 12.8. The second-order valence-corrected chi connectivity index (χ2v) is 14.4. The van der Waals surface area contributed by atoms with Crippen LogP contribution in [0.25, 0.3) is 0 Å². The topological polar surface area (TPSA) is 151 Å². The van der Waals surface area contributed by atoms with Crippen molar-refractivity contribution in [2.24, 2.45) is 22.7 Å². The number of rotatable bonds is 19. The minimum absolute atomic E-state index is 0.215. The van der Waals surface area contributed by atoms with E-state index in [2.05, 4.69) is 17.2 Å². The van der Waals surface area contributed by atoms with Gasteiger partial charge in [0.1, 0.15) is 23.3 Å². The van der Waals surface area contributed by atoms with E-state index in [0.29, 0.717) is 25.2 Å². The lowest BCUT2D eigenvalue weighted by molar-refractivity contribution is -0.143. The third-order valence-electron chi connectivity index (χ3n) is 9.50. The molecule has 2 saturated carbocycles. The van der Waals surface area contributed by atoms with Crippen molar-refractivity contribution < 1.29 is 38.9 Å². The van der Waals surface area contributed by atoms with Crippen molar-refractivity contribution in [3.05, 3.63) is 24.8 Å². The number of amides is 2. The first-order valence-corrected chi connectivity index (χ1v) is 16.2.